The van der Waals surface area contributed by atoms with E-state index in [-0.39, 0.29) is 0 Å². The molecule has 0 bridgehead atoms. The monoisotopic (exact) mass is 231 g/mol. The van der Waals surface area contributed by atoms with Gasteiger partial charge < -0.3 is 5.11 Å². The van der Waals surface area contributed by atoms with E-state index in [0.29, 0.717) is 23.5 Å². The van der Waals surface area contributed by atoms with Crippen molar-refractivity contribution < 1.29 is 9.90 Å². The second kappa shape index (κ2) is 4.37. The molecule has 0 aliphatic heterocycles. The van der Waals surface area contributed by atoms with Crippen LogP contribution in [0, 0.1) is 6.92 Å². The Morgan fingerprint density at radius 1 is 1.59 bits per heavy atom. The third-order valence-corrected chi connectivity index (χ3v) is 2.48. The van der Waals surface area contributed by atoms with Crippen LogP contribution in [0.3, 0.4) is 0 Å². The summed E-state index contributed by atoms with van der Waals surface area (Å²) in [5.41, 5.74) is 1.81. The number of aliphatic carboxylic acids is 1. The zero-order chi connectivity index (χ0) is 12.4. The van der Waals surface area contributed by atoms with Crippen molar-refractivity contribution in [2.75, 3.05) is 0 Å². The summed E-state index contributed by atoms with van der Waals surface area (Å²) in [6.45, 7) is 3.62. The van der Waals surface area contributed by atoms with Crippen LogP contribution in [0.15, 0.2) is 23.9 Å². The maximum Gasteiger partial charge on any atom is 0.331 e. The Morgan fingerprint density at radius 3 is 3.00 bits per heavy atom. The second-order valence-corrected chi connectivity index (χ2v) is 3.72. The van der Waals surface area contributed by atoms with Gasteiger partial charge >= 0.3 is 5.97 Å². The standard InChI is InChI=1S/C12H13N3O2/c1-3-9(12(16)17)7-10-5-4-6-15-11(10)13-8(2)14-15/h4-7H,3H2,1-2H3,(H,16,17). The maximum atomic E-state index is 11.0. The van der Waals surface area contributed by atoms with Gasteiger partial charge in [0, 0.05) is 17.3 Å². The van der Waals surface area contributed by atoms with E-state index in [1.54, 1.807) is 23.7 Å². The quantitative estimate of drug-likeness (QED) is 0.819. The number of nitrogens with zero attached hydrogens (tertiary/aromatic N) is 3. The molecule has 0 radical (unpaired) electrons. The van der Waals surface area contributed by atoms with Crippen LogP contribution in [-0.4, -0.2) is 25.7 Å². The molecular formula is C12H13N3O2. The normalized spacial score (nSPS) is 12.0. The molecule has 17 heavy (non-hydrogen) atoms. The second-order valence-electron chi connectivity index (χ2n) is 3.72. The summed E-state index contributed by atoms with van der Waals surface area (Å²) in [5.74, 6) is -0.232. The Balaban J connectivity index is 2.59. The van der Waals surface area contributed by atoms with E-state index in [1.165, 1.54) is 0 Å². The molecule has 0 atom stereocenters. The molecule has 0 saturated heterocycles. The molecule has 0 fully saturated rings. The van der Waals surface area contributed by atoms with Gasteiger partial charge in [0.1, 0.15) is 5.82 Å². The molecule has 0 aliphatic carbocycles. The Labute approximate surface area is 98.4 Å². The molecule has 1 N–H and O–H groups in total. The van der Waals surface area contributed by atoms with E-state index >= 15 is 0 Å². The summed E-state index contributed by atoms with van der Waals surface area (Å²) in [6, 6.07) is 3.66. The van der Waals surface area contributed by atoms with E-state index in [0.717, 1.165) is 5.56 Å². The number of hydrogen-bond acceptors (Lipinski definition) is 3. The predicted octanol–water partition coefficient (Wildman–Crippen LogP) is 1.92. The van der Waals surface area contributed by atoms with E-state index in [4.69, 9.17) is 5.11 Å². The smallest absolute Gasteiger partial charge is 0.331 e. The van der Waals surface area contributed by atoms with Gasteiger partial charge in [-0.3, -0.25) is 0 Å². The molecule has 5 heteroatoms. The molecule has 0 unspecified atom stereocenters. The highest BCUT2D eigenvalue weighted by atomic mass is 16.4. The largest absolute Gasteiger partial charge is 0.478 e. The number of carboxylic acid groups (broad SMARTS) is 1. The fourth-order valence-electron chi connectivity index (χ4n) is 1.65. The number of carbonyl (C=O) groups is 1. The van der Waals surface area contributed by atoms with Crippen LogP contribution in [0.5, 0.6) is 0 Å². The van der Waals surface area contributed by atoms with E-state index in [1.807, 2.05) is 19.1 Å². The molecule has 2 heterocycles. The van der Waals surface area contributed by atoms with Crippen LogP contribution in [0.2, 0.25) is 0 Å². The topological polar surface area (TPSA) is 67.5 Å². The van der Waals surface area contributed by atoms with Gasteiger partial charge in [-0.2, -0.15) is 5.10 Å². The van der Waals surface area contributed by atoms with Crippen LogP contribution in [0.25, 0.3) is 11.7 Å². The molecule has 88 valence electrons. The van der Waals surface area contributed by atoms with Crippen LogP contribution in [0.1, 0.15) is 24.7 Å². The average molecular weight is 231 g/mol. The summed E-state index contributed by atoms with van der Waals surface area (Å²) >= 11 is 0. The van der Waals surface area contributed by atoms with Gasteiger partial charge in [0.05, 0.1) is 0 Å². The number of fused-ring (bicyclic) bond motifs is 1. The minimum absolute atomic E-state index is 0.360. The average Bonchev–Trinajstić information content (AvgIpc) is 2.66. The lowest BCUT2D eigenvalue weighted by atomic mass is 10.1. The van der Waals surface area contributed by atoms with Crippen molar-refractivity contribution in [1.82, 2.24) is 14.6 Å². The molecule has 0 aliphatic rings. The van der Waals surface area contributed by atoms with Gasteiger partial charge in [0.2, 0.25) is 0 Å². The Morgan fingerprint density at radius 2 is 2.35 bits per heavy atom. The van der Waals surface area contributed by atoms with Crippen molar-refractivity contribution in [2.24, 2.45) is 0 Å². The Bertz CT molecular complexity index is 599. The van der Waals surface area contributed by atoms with Gasteiger partial charge in [-0.15, -0.1) is 0 Å². The van der Waals surface area contributed by atoms with Crippen molar-refractivity contribution in [2.45, 2.75) is 20.3 Å². The zero-order valence-corrected chi connectivity index (χ0v) is 9.71. The summed E-state index contributed by atoms with van der Waals surface area (Å²) < 4.78 is 1.65. The first-order valence-electron chi connectivity index (χ1n) is 5.37. The lowest BCUT2D eigenvalue weighted by Crippen LogP contribution is -1.99. The van der Waals surface area contributed by atoms with Crippen LogP contribution < -0.4 is 0 Å². The lowest BCUT2D eigenvalue weighted by molar-refractivity contribution is -0.132. The Kier molecular flexibility index (Phi) is 2.91. The fourth-order valence-corrected chi connectivity index (χ4v) is 1.65. The number of pyridine rings is 1. The van der Waals surface area contributed by atoms with Gasteiger partial charge in [0.25, 0.3) is 0 Å². The number of aromatic nitrogens is 3. The summed E-state index contributed by atoms with van der Waals surface area (Å²) in [6.07, 6.45) is 3.91. The highest BCUT2D eigenvalue weighted by Crippen LogP contribution is 2.14. The summed E-state index contributed by atoms with van der Waals surface area (Å²) in [4.78, 5) is 15.2. The number of rotatable bonds is 3. The fraction of sp³-hybridized carbons (Fsp3) is 0.250. The zero-order valence-electron chi connectivity index (χ0n) is 9.71. The summed E-state index contributed by atoms with van der Waals surface area (Å²) in [5, 5.41) is 13.2. The molecule has 0 aromatic carbocycles. The molecule has 2 aromatic heterocycles. The first-order valence-corrected chi connectivity index (χ1v) is 5.37. The van der Waals surface area contributed by atoms with Crippen molar-refractivity contribution in [1.29, 1.82) is 0 Å². The van der Waals surface area contributed by atoms with E-state index < -0.39 is 5.97 Å². The lowest BCUT2D eigenvalue weighted by Gasteiger charge is -1.99. The van der Waals surface area contributed by atoms with E-state index in [2.05, 4.69) is 10.1 Å². The molecular weight excluding hydrogens is 218 g/mol. The molecule has 5 nitrogen and oxygen atoms in total. The molecule has 2 aromatic rings. The summed E-state index contributed by atoms with van der Waals surface area (Å²) in [7, 11) is 0. The Hall–Kier alpha value is -2.17. The van der Waals surface area contributed by atoms with Gasteiger partial charge in [0.15, 0.2) is 5.65 Å². The molecule has 0 spiro atoms. The van der Waals surface area contributed by atoms with Crippen LogP contribution in [-0.2, 0) is 4.79 Å². The SMILES string of the molecule is CCC(=Cc1cccn2nc(C)nc12)C(=O)O. The first-order chi connectivity index (χ1) is 8.11. The highest BCUT2D eigenvalue weighted by molar-refractivity contribution is 5.93. The minimum atomic E-state index is -0.897. The highest BCUT2D eigenvalue weighted by Gasteiger charge is 2.08. The minimum Gasteiger partial charge on any atom is -0.478 e. The molecule has 2 rings (SSSR count). The number of carboxylic acids is 1. The number of hydrogen-bond donors (Lipinski definition) is 1. The molecule has 0 saturated carbocycles. The first kappa shape index (κ1) is 11.3. The van der Waals surface area contributed by atoms with Gasteiger partial charge in [-0.1, -0.05) is 6.92 Å². The van der Waals surface area contributed by atoms with Crippen LogP contribution in [0.4, 0.5) is 0 Å². The number of aryl methyl sites for hydroxylation is 1. The third-order valence-electron chi connectivity index (χ3n) is 2.48. The van der Waals surface area contributed by atoms with E-state index in [9.17, 15) is 4.79 Å². The van der Waals surface area contributed by atoms with Gasteiger partial charge in [-0.25, -0.2) is 14.3 Å². The third kappa shape index (κ3) is 2.18. The van der Waals surface area contributed by atoms with Crippen molar-refractivity contribution in [3.05, 3.63) is 35.3 Å². The van der Waals surface area contributed by atoms with Crippen LogP contribution >= 0.6 is 0 Å². The maximum absolute atomic E-state index is 11.0. The van der Waals surface area contributed by atoms with Crippen molar-refractivity contribution in [3.63, 3.8) is 0 Å². The molecule has 0 amide bonds. The van der Waals surface area contributed by atoms with Crippen molar-refractivity contribution in [3.8, 4) is 0 Å². The van der Waals surface area contributed by atoms with Crippen molar-refractivity contribution >= 4 is 17.7 Å². The predicted molar refractivity (Wildman–Crippen MR) is 63.6 cm³/mol. The van der Waals surface area contributed by atoms with Gasteiger partial charge in [-0.05, 0) is 31.6 Å².